The van der Waals surface area contributed by atoms with E-state index in [1.807, 2.05) is 30.3 Å². The van der Waals surface area contributed by atoms with Gasteiger partial charge in [-0.2, -0.15) is 0 Å². The lowest BCUT2D eigenvalue weighted by Crippen LogP contribution is -2.54. The van der Waals surface area contributed by atoms with Crippen molar-refractivity contribution in [3.63, 3.8) is 0 Å². The monoisotopic (exact) mass is 361 g/mol. The molecule has 142 valence electrons. The first kappa shape index (κ1) is 19.8. The maximum absolute atomic E-state index is 13.0. The molecule has 0 aliphatic carbocycles. The number of nitrogens with zero attached hydrogens (tertiary/aromatic N) is 1. The molecule has 7 heteroatoms. The molecule has 0 unspecified atom stereocenters. The van der Waals surface area contributed by atoms with Crippen molar-refractivity contribution in [2.24, 2.45) is 5.73 Å². The summed E-state index contributed by atoms with van der Waals surface area (Å²) >= 11 is 0. The molecular weight excluding hydrogens is 334 g/mol. The van der Waals surface area contributed by atoms with Crippen LogP contribution in [-0.4, -0.2) is 47.0 Å². The number of nitrogens with two attached hydrogens (primary N) is 1. The van der Waals surface area contributed by atoms with Crippen LogP contribution < -0.4 is 11.1 Å². The number of likely N-dealkylation sites (tertiary alicyclic amines) is 1. The van der Waals surface area contributed by atoms with Gasteiger partial charge in [0, 0.05) is 13.0 Å². The lowest BCUT2D eigenvalue weighted by Gasteiger charge is -2.29. The third-order valence-corrected chi connectivity index (χ3v) is 4.14. The third-order valence-electron chi connectivity index (χ3n) is 4.14. The minimum Gasteiger partial charge on any atom is -0.444 e. The largest absolute Gasteiger partial charge is 0.444 e. The summed E-state index contributed by atoms with van der Waals surface area (Å²) in [7, 11) is 0. The predicted molar refractivity (Wildman–Crippen MR) is 97.2 cm³/mol. The van der Waals surface area contributed by atoms with E-state index >= 15 is 0 Å². The van der Waals surface area contributed by atoms with Crippen LogP contribution in [0.3, 0.4) is 0 Å². The highest BCUT2D eigenvalue weighted by Crippen LogP contribution is 2.19. The fraction of sp³-hybridized carbons (Fsp3) is 0.526. The summed E-state index contributed by atoms with van der Waals surface area (Å²) in [6, 6.07) is 7.93. The molecule has 2 rings (SSSR count). The van der Waals surface area contributed by atoms with Crippen LogP contribution >= 0.6 is 0 Å². The number of alkyl carbamates (subject to hydrolysis) is 1. The lowest BCUT2D eigenvalue weighted by atomic mass is 10.0. The van der Waals surface area contributed by atoms with Crippen molar-refractivity contribution in [1.82, 2.24) is 10.2 Å². The van der Waals surface area contributed by atoms with E-state index < -0.39 is 29.7 Å². The number of ether oxygens (including phenoxy) is 1. The van der Waals surface area contributed by atoms with Crippen molar-refractivity contribution in [2.75, 3.05) is 6.54 Å². The number of nitrogens with one attached hydrogen (secondary N) is 1. The van der Waals surface area contributed by atoms with Gasteiger partial charge in [0.2, 0.25) is 11.8 Å². The molecule has 1 aromatic rings. The van der Waals surface area contributed by atoms with Gasteiger partial charge in [0.15, 0.2) is 0 Å². The predicted octanol–water partition coefficient (Wildman–Crippen LogP) is 1.60. The quantitative estimate of drug-likeness (QED) is 0.831. The standard InChI is InChI=1S/C19H27N3O4/c1-19(2,3)26-18(25)21-14(12-13-8-5-4-6-9-13)17(24)22-11-7-10-15(22)16(20)23/h4-6,8-9,14-15H,7,10-12H2,1-3H3,(H2,20,23)(H,21,25)/t14-,15-/m0/s1. The summed E-state index contributed by atoms with van der Waals surface area (Å²) in [5, 5.41) is 2.65. The van der Waals surface area contributed by atoms with Crippen molar-refractivity contribution in [3.05, 3.63) is 35.9 Å². The maximum Gasteiger partial charge on any atom is 0.408 e. The summed E-state index contributed by atoms with van der Waals surface area (Å²) in [6.07, 6.45) is 0.901. The minimum absolute atomic E-state index is 0.306. The number of carbonyl (C=O) groups excluding carboxylic acids is 3. The Hall–Kier alpha value is -2.57. The van der Waals surface area contributed by atoms with E-state index in [9.17, 15) is 14.4 Å². The van der Waals surface area contributed by atoms with Crippen LogP contribution in [-0.2, 0) is 20.7 Å². The van der Waals surface area contributed by atoms with Gasteiger partial charge < -0.3 is 20.7 Å². The molecular formula is C19H27N3O4. The molecule has 1 aliphatic rings. The first-order valence-electron chi connectivity index (χ1n) is 8.80. The molecule has 0 radical (unpaired) electrons. The van der Waals surface area contributed by atoms with Crippen molar-refractivity contribution < 1.29 is 19.1 Å². The molecule has 1 heterocycles. The van der Waals surface area contributed by atoms with E-state index in [2.05, 4.69) is 5.32 Å². The lowest BCUT2D eigenvalue weighted by molar-refractivity contribution is -0.139. The second kappa shape index (κ2) is 8.21. The van der Waals surface area contributed by atoms with Crippen LogP contribution in [0.1, 0.15) is 39.2 Å². The Labute approximate surface area is 153 Å². The highest BCUT2D eigenvalue weighted by Gasteiger charge is 2.37. The van der Waals surface area contributed by atoms with Gasteiger partial charge >= 0.3 is 6.09 Å². The molecule has 1 saturated heterocycles. The Morgan fingerprint density at radius 1 is 1.27 bits per heavy atom. The molecule has 2 atom stereocenters. The molecule has 3 N–H and O–H groups in total. The number of carbonyl (C=O) groups is 3. The van der Waals surface area contributed by atoms with E-state index in [4.69, 9.17) is 10.5 Å². The van der Waals surface area contributed by atoms with Gasteiger partial charge in [-0.25, -0.2) is 4.79 Å². The zero-order valence-corrected chi connectivity index (χ0v) is 15.5. The molecule has 0 bridgehead atoms. The highest BCUT2D eigenvalue weighted by atomic mass is 16.6. The fourth-order valence-electron chi connectivity index (χ4n) is 3.03. The summed E-state index contributed by atoms with van der Waals surface area (Å²) in [6.45, 7) is 5.71. The van der Waals surface area contributed by atoms with Crippen LogP contribution in [0.2, 0.25) is 0 Å². The molecule has 0 aromatic heterocycles. The van der Waals surface area contributed by atoms with Gasteiger partial charge in [-0.3, -0.25) is 9.59 Å². The SMILES string of the molecule is CC(C)(C)OC(=O)N[C@@H](Cc1ccccc1)C(=O)N1CCC[C@H]1C(N)=O. The smallest absolute Gasteiger partial charge is 0.408 e. The van der Waals surface area contributed by atoms with Gasteiger partial charge in [-0.05, 0) is 39.2 Å². The topological polar surface area (TPSA) is 102 Å². The second-order valence-corrected chi connectivity index (χ2v) is 7.48. The molecule has 0 spiro atoms. The Bertz CT molecular complexity index is 654. The van der Waals surface area contributed by atoms with E-state index in [1.165, 1.54) is 4.90 Å². The molecule has 1 aromatic carbocycles. The Morgan fingerprint density at radius 3 is 2.50 bits per heavy atom. The third kappa shape index (κ3) is 5.47. The van der Waals surface area contributed by atoms with E-state index in [0.717, 1.165) is 5.56 Å². The first-order chi connectivity index (χ1) is 12.2. The van der Waals surface area contributed by atoms with Gasteiger partial charge in [0.1, 0.15) is 17.7 Å². The van der Waals surface area contributed by atoms with Crippen molar-refractivity contribution in [2.45, 2.75) is 57.7 Å². The number of hydrogen-bond donors (Lipinski definition) is 2. The van der Waals surface area contributed by atoms with Gasteiger partial charge in [0.05, 0.1) is 0 Å². The van der Waals surface area contributed by atoms with Crippen LogP contribution in [0, 0.1) is 0 Å². The second-order valence-electron chi connectivity index (χ2n) is 7.48. The Morgan fingerprint density at radius 2 is 1.92 bits per heavy atom. The molecule has 1 fully saturated rings. The average molecular weight is 361 g/mol. The van der Waals surface area contributed by atoms with Crippen LogP contribution in [0.5, 0.6) is 0 Å². The van der Waals surface area contributed by atoms with Crippen molar-refractivity contribution in [1.29, 1.82) is 0 Å². The minimum atomic E-state index is -0.827. The molecule has 0 saturated carbocycles. The number of amides is 3. The number of primary amides is 1. The summed E-state index contributed by atoms with van der Waals surface area (Å²) in [4.78, 5) is 38.3. The zero-order valence-electron chi connectivity index (χ0n) is 15.5. The highest BCUT2D eigenvalue weighted by molar-refractivity contribution is 5.91. The summed E-state index contributed by atoms with van der Waals surface area (Å²) in [5.74, 6) is -0.840. The Balaban J connectivity index is 2.17. The first-order valence-corrected chi connectivity index (χ1v) is 8.80. The van der Waals surface area contributed by atoms with Crippen LogP contribution in [0.25, 0.3) is 0 Å². The molecule has 26 heavy (non-hydrogen) atoms. The van der Waals surface area contributed by atoms with Crippen molar-refractivity contribution >= 4 is 17.9 Å². The van der Waals surface area contributed by atoms with E-state index in [1.54, 1.807) is 20.8 Å². The zero-order chi connectivity index (χ0) is 19.3. The van der Waals surface area contributed by atoms with Gasteiger partial charge in [-0.1, -0.05) is 30.3 Å². The average Bonchev–Trinajstić information content (AvgIpc) is 3.02. The molecule has 1 aliphatic heterocycles. The Kier molecular flexibility index (Phi) is 6.23. The van der Waals surface area contributed by atoms with Gasteiger partial charge in [0.25, 0.3) is 0 Å². The number of benzene rings is 1. The van der Waals surface area contributed by atoms with E-state index in [0.29, 0.717) is 25.8 Å². The van der Waals surface area contributed by atoms with Crippen molar-refractivity contribution in [3.8, 4) is 0 Å². The summed E-state index contributed by atoms with van der Waals surface area (Å²) in [5.41, 5.74) is 5.65. The normalized spacial score (nSPS) is 18.3. The number of hydrogen-bond acceptors (Lipinski definition) is 4. The summed E-state index contributed by atoms with van der Waals surface area (Å²) < 4.78 is 5.28. The van der Waals surface area contributed by atoms with Crippen LogP contribution in [0.15, 0.2) is 30.3 Å². The van der Waals surface area contributed by atoms with E-state index in [-0.39, 0.29) is 5.91 Å². The molecule has 7 nitrogen and oxygen atoms in total. The fourth-order valence-corrected chi connectivity index (χ4v) is 3.03. The molecule has 3 amide bonds. The maximum atomic E-state index is 13.0. The van der Waals surface area contributed by atoms with Gasteiger partial charge in [-0.15, -0.1) is 0 Å². The number of rotatable bonds is 5. The van der Waals surface area contributed by atoms with Crippen LogP contribution in [0.4, 0.5) is 4.79 Å².